The van der Waals surface area contributed by atoms with E-state index in [2.05, 4.69) is 10.6 Å². The first-order valence-electron chi connectivity index (χ1n) is 9.54. The minimum absolute atomic E-state index is 0.0720. The quantitative estimate of drug-likeness (QED) is 0.605. The molecule has 0 aromatic heterocycles. The van der Waals surface area contributed by atoms with Crippen molar-refractivity contribution in [3.63, 3.8) is 0 Å². The molecule has 0 bridgehead atoms. The van der Waals surface area contributed by atoms with Gasteiger partial charge in [0.25, 0.3) is 5.91 Å². The van der Waals surface area contributed by atoms with Gasteiger partial charge in [-0.1, -0.05) is 18.9 Å². The monoisotopic (exact) mass is 413 g/mol. The fourth-order valence-corrected chi connectivity index (χ4v) is 5.16. The third-order valence-electron chi connectivity index (χ3n) is 5.22. The highest BCUT2D eigenvalue weighted by atomic mass is 32.2. The Balaban J connectivity index is 1.45. The van der Waals surface area contributed by atoms with Crippen LogP contribution in [0.2, 0.25) is 0 Å². The fraction of sp³-hybridized carbons (Fsp3) is 0.556. The number of halogens is 1. The first-order valence-corrected chi connectivity index (χ1v) is 11.0. The summed E-state index contributed by atoms with van der Waals surface area (Å²) < 4.78 is 39.8. The first-order chi connectivity index (χ1) is 13.3. The molecule has 0 unspecified atom stereocenters. The lowest BCUT2D eigenvalue weighted by Crippen LogP contribution is -3.15. The van der Waals surface area contributed by atoms with E-state index in [0.717, 1.165) is 36.6 Å². The van der Waals surface area contributed by atoms with Gasteiger partial charge in [0, 0.05) is 6.04 Å². The van der Waals surface area contributed by atoms with Gasteiger partial charge in [-0.05, 0) is 31.0 Å². The van der Waals surface area contributed by atoms with E-state index in [9.17, 15) is 22.4 Å². The second-order valence-corrected chi connectivity index (χ2v) is 9.23. The number of amides is 3. The summed E-state index contributed by atoms with van der Waals surface area (Å²) in [6.07, 6.45) is 4.06. The highest BCUT2D eigenvalue weighted by molar-refractivity contribution is 7.89. The Hall–Kier alpha value is -2.04. The predicted molar refractivity (Wildman–Crippen MR) is 99.7 cm³/mol. The van der Waals surface area contributed by atoms with Crippen LogP contribution in [0.25, 0.3) is 0 Å². The Morgan fingerprint density at radius 3 is 2.50 bits per heavy atom. The van der Waals surface area contributed by atoms with Crippen molar-refractivity contribution >= 4 is 22.0 Å². The molecule has 2 aliphatic rings. The van der Waals surface area contributed by atoms with E-state index in [1.165, 1.54) is 22.5 Å². The van der Waals surface area contributed by atoms with Crippen LogP contribution < -0.4 is 15.5 Å². The number of rotatable bonds is 5. The number of hydrogen-bond donors (Lipinski definition) is 3. The van der Waals surface area contributed by atoms with E-state index < -0.39 is 21.9 Å². The van der Waals surface area contributed by atoms with Crippen LogP contribution in [0.1, 0.15) is 25.7 Å². The second kappa shape index (κ2) is 8.97. The highest BCUT2D eigenvalue weighted by Gasteiger charge is 2.31. The second-order valence-electron chi connectivity index (χ2n) is 7.29. The molecule has 0 atom stereocenters. The van der Waals surface area contributed by atoms with Crippen LogP contribution in [0.4, 0.5) is 9.18 Å². The molecule has 1 heterocycles. The molecule has 154 valence electrons. The van der Waals surface area contributed by atoms with E-state index >= 15 is 0 Å². The van der Waals surface area contributed by atoms with Gasteiger partial charge in [-0.3, -0.25) is 10.1 Å². The lowest BCUT2D eigenvalue weighted by Gasteiger charge is -2.31. The van der Waals surface area contributed by atoms with Crippen molar-refractivity contribution < 1.29 is 27.3 Å². The molecule has 0 radical (unpaired) electrons. The number of piperazine rings is 1. The molecule has 3 rings (SSSR count). The summed E-state index contributed by atoms with van der Waals surface area (Å²) in [5, 5.41) is 5.14. The molecule has 10 heteroatoms. The van der Waals surface area contributed by atoms with Crippen molar-refractivity contribution in [3.05, 3.63) is 30.1 Å². The van der Waals surface area contributed by atoms with Gasteiger partial charge in [0.2, 0.25) is 10.0 Å². The molecular weight excluding hydrogens is 387 g/mol. The summed E-state index contributed by atoms with van der Waals surface area (Å²) >= 11 is 0. The van der Waals surface area contributed by atoms with Crippen molar-refractivity contribution in [2.24, 2.45) is 0 Å². The summed E-state index contributed by atoms with van der Waals surface area (Å²) in [6, 6.07) is 4.60. The molecule has 1 aliphatic heterocycles. The zero-order chi connectivity index (χ0) is 20.1. The number of urea groups is 1. The average Bonchev–Trinajstić information content (AvgIpc) is 3.15. The maximum Gasteiger partial charge on any atom is 0.321 e. The first kappa shape index (κ1) is 20.7. The van der Waals surface area contributed by atoms with Crippen molar-refractivity contribution in [3.8, 4) is 0 Å². The molecule has 3 amide bonds. The molecule has 0 spiro atoms. The van der Waals surface area contributed by atoms with E-state index in [1.807, 2.05) is 0 Å². The van der Waals surface area contributed by atoms with Crippen LogP contribution in [0.15, 0.2) is 29.2 Å². The van der Waals surface area contributed by atoms with Gasteiger partial charge in [-0.25, -0.2) is 17.6 Å². The van der Waals surface area contributed by atoms with Gasteiger partial charge in [0.05, 0.1) is 31.1 Å². The van der Waals surface area contributed by atoms with Crippen LogP contribution in [0.5, 0.6) is 0 Å². The van der Waals surface area contributed by atoms with E-state index in [4.69, 9.17) is 0 Å². The maximum absolute atomic E-state index is 13.3. The number of sulfonamides is 1. The predicted octanol–water partition coefficient (Wildman–Crippen LogP) is -0.517. The molecule has 28 heavy (non-hydrogen) atoms. The van der Waals surface area contributed by atoms with Gasteiger partial charge in [0.15, 0.2) is 6.54 Å². The Morgan fingerprint density at radius 1 is 1.18 bits per heavy atom. The molecule has 2 fully saturated rings. The highest BCUT2D eigenvalue weighted by Crippen LogP contribution is 2.17. The van der Waals surface area contributed by atoms with Crippen molar-refractivity contribution in [1.82, 2.24) is 14.9 Å². The molecular formula is C18H26FN4O4S+. The van der Waals surface area contributed by atoms with Crippen LogP contribution in [0.3, 0.4) is 0 Å². The molecule has 8 nitrogen and oxygen atoms in total. The number of nitrogens with zero attached hydrogens (tertiary/aromatic N) is 1. The molecule has 3 N–H and O–H groups in total. The maximum atomic E-state index is 13.3. The Labute approximate surface area is 164 Å². The van der Waals surface area contributed by atoms with Crippen molar-refractivity contribution in [2.45, 2.75) is 36.6 Å². The third kappa shape index (κ3) is 5.27. The minimum Gasteiger partial charge on any atom is -0.335 e. The van der Waals surface area contributed by atoms with Gasteiger partial charge in [-0.2, -0.15) is 4.31 Å². The number of quaternary nitrogens is 1. The zero-order valence-electron chi connectivity index (χ0n) is 15.6. The molecule has 1 saturated carbocycles. The van der Waals surface area contributed by atoms with Gasteiger partial charge >= 0.3 is 6.03 Å². The fourth-order valence-electron chi connectivity index (χ4n) is 3.69. The minimum atomic E-state index is -3.75. The number of hydrogen-bond acceptors (Lipinski definition) is 4. The average molecular weight is 413 g/mol. The van der Waals surface area contributed by atoms with Crippen molar-refractivity contribution in [1.29, 1.82) is 0 Å². The number of benzene rings is 1. The van der Waals surface area contributed by atoms with Crippen LogP contribution in [-0.2, 0) is 14.8 Å². The smallest absolute Gasteiger partial charge is 0.321 e. The Morgan fingerprint density at radius 2 is 1.86 bits per heavy atom. The molecule has 1 aliphatic carbocycles. The van der Waals surface area contributed by atoms with Crippen LogP contribution in [0, 0.1) is 5.82 Å². The Kier molecular flexibility index (Phi) is 6.63. The molecule has 1 saturated heterocycles. The van der Waals surface area contributed by atoms with Gasteiger partial charge in [0.1, 0.15) is 5.82 Å². The van der Waals surface area contributed by atoms with E-state index in [0.29, 0.717) is 13.1 Å². The van der Waals surface area contributed by atoms with E-state index in [-0.39, 0.29) is 36.5 Å². The SMILES string of the molecule is O=C(C[NH+]1CCN(S(=O)(=O)c2cccc(F)c2)CC1)NC(=O)NC1CCCC1. The molecule has 1 aromatic carbocycles. The topological polar surface area (TPSA) is 100 Å². The number of carbonyl (C=O) groups is 2. The normalized spacial score (nSPS) is 19.5. The summed E-state index contributed by atoms with van der Waals surface area (Å²) in [4.78, 5) is 24.7. The largest absolute Gasteiger partial charge is 0.335 e. The third-order valence-corrected chi connectivity index (χ3v) is 7.11. The Bertz CT molecular complexity index is 819. The summed E-state index contributed by atoms with van der Waals surface area (Å²) in [7, 11) is -3.75. The lowest BCUT2D eigenvalue weighted by molar-refractivity contribution is -0.895. The van der Waals surface area contributed by atoms with Crippen LogP contribution >= 0.6 is 0 Å². The van der Waals surface area contributed by atoms with E-state index in [1.54, 1.807) is 0 Å². The standard InChI is InChI=1S/C18H25FN4O4S/c19-14-4-3-7-16(12-14)28(26,27)23-10-8-22(9-11-23)13-17(24)21-18(25)20-15-5-1-2-6-15/h3-4,7,12,15H,1-2,5-6,8-11,13H2,(H2,20,21,24,25)/p+1. The number of imide groups is 1. The lowest BCUT2D eigenvalue weighted by atomic mass is 10.2. The van der Waals surface area contributed by atoms with Crippen molar-refractivity contribution in [2.75, 3.05) is 32.7 Å². The summed E-state index contributed by atoms with van der Waals surface area (Å²) in [5.74, 6) is -0.982. The number of nitrogens with one attached hydrogen (secondary N) is 3. The van der Waals surface area contributed by atoms with Crippen LogP contribution in [-0.4, -0.2) is 63.4 Å². The summed E-state index contributed by atoms with van der Waals surface area (Å²) in [6.45, 7) is 1.44. The molecule has 1 aromatic rings. The zero-order valence-corrected chi connectivity index (χ0v) is 16.4. The van der Waals surface area contributed by atoms with Gasteiger partial charge < -0.3 is 10.2 Å². The van der Waals surface area contributed by atoms with Gasteiger partial charge in [-0.15, -0.1) is 0 Å². The summed E-state index contributed by atoms with van der Waals surface area (Å²) in [5.41, 5.74) is 0. The number of carbonyl (C=O) groups excluding carboxylic acids is 2.